The van der Waals surface area contributed by atoms with Crippen LogP contribution in [0.4, 0.5) is 0 Å². The van der Waals surface area contributed by atoms with Crippen molar-refractivity contribution in [3.8, 4) is 0 Å². The summed E-state index contributed by atoms with van der Waals surface area (Å²) in [6.07, 6.45) is 0.0347. The minimum atomic E-state index is -0.768. The maximum absolute atomic E-state index is 11.5. The van der Waals surface area contributed by atoms with E-state index in [4.69, 9.17) is 9.47 Å². The maximum Gasteiger partial charge on any atom is 0.347 e. The third-order valence-corrected chi connectivity index (χ3v) is 1.89. The van der Waals surface area contributed by atoms with E-state index in [1.54, 1.807) is 13.8 Å². The van der Waals surface area contributed by atoms with Crippen LogP contribution in [0.15, 0.2) is 11.3 Å². The number of nitrogens with one attached hydrogen (secondary N) is 1. The fourth-order valence-electron chi connectivity index (χ4n) is 1.20. The molecule has 1 N–H and O–H groups in total. The minimum Gasteiger partial charge on any atom is -0.462 e. The molecular formula is C10H13NO5. The van der Waals surface area contributed by atoms with Crippen LogP contribution in [0.3, 0.4) is 0 Å². The van der Waals surface area contributed by atoms with Gasteiger partial charge in [-0.25, -0.2) is 9.59 Å². The summed E-state index contributed by atoms with van der Waals surface area (Å²) in [4.78, 5) is 33.7. The van der Waals surface area contributed by atoms with E-state index in [1.165, 1.54) is 0 Å². The molecule has 0 unspecified atom stereocenters. The molecule has 0 bridgehead atoms. The molecule has 1 amide bonds. The van der Waals surface area contributed by atoms with Gasteiger partial charge in [0.05, 0.1) is 19.6 Å². The molecule has 1 fully saturated rings. The number of esters is 2. The van der Waals surface area contributed by atoms with E-state index in [2.05, 4.69) is 5.32 Å². The fourth-order valence-corrected chi connectivity index (χ4v) is 1.20. The maximum atomic E-state index is 11.5. The highest BCUT2D eigenvalue weighted by Crippen LogP contribution is 2.17. The highest BCUT2D eigenvalue weighted by molar-refractivity contribution is 6.16. The molecule has 0 atom stereocenters. The molecule has 0 aliphatic carbocycles. The Hall–Kier alpha value is -1.85. The molecule has 16 heavy (non-hydrogen) atoms. The van der Waals surface area contributed by atoms with E-state index in [9.17, 15) is 14.4 Å². The van der Waals surface area contributed by atoms with Crippen LogP contribution in [-0.2, 0) is 23.9 Å². The average Bonchev–Trinajstić information content (AvgIpc) is 2.16. The Morgan fingerprint density at radius 3 is 1.94 bits per heavy atom. The molecule has 88 valence electrons. The van der Waals surface area contributed by atoms with E-state index in [-0.39, 0.29) is 36.8 Å². The van der Waals surface area contributed by atoms with Crippen molar-refractivity contribution in [2.45, 2.75) is 20.3 Å². The van der Waals surface area contributed by atoms with Crippen molar-refractivity contribution in [1.29, 1.82) is 0 Å². The number of ether oxygens (including phenoxy) is 2. The first kappa shape index (κ1) is 12.2. The zero-order valence-corrected chi connectivity index (χ0v) is 9.16. The van der Waals surface area contributed by atoms with Gasteiger partial charge in [0.1, 0.15) is 0 Å². The number of carbonyl (C=O) groups excluding carboxylic acids is 3. The largest absolute Gasteiger partial charge is 0.462 e. The normalized spacial score (nSPS) is 13.6. The van der Waals surface area contributed by atoms with Crippen molar-refractivity contribution in [2.24, 2.45) is 0 Å². The van der Waals surface area contributed by atoms with Gasteiger partial charge in [0.25, 0.3) is 0 Å². The van der Waals surface area contributed by atoms with Crippen LogP contribution in [0.25, 0.3) is 0 Å². The molecule has 0 aromatic carbocycles. The van der Waals surface area contributed by atoms with Gasteiger partial charge in [0.2, 0.25) is 5.91 Å². The van der Waals surface area contributed by atoms with E-state index in [0.717, 1.165) is 0 Å². The summed E-state index contributed by atoms with van der Waals surface area (Å²) in [6, 6.07) is 0. The van der Waals surface area contributed by atoms with E-state index >= 15 is 0 Å². The Bertz CT molecular complexity index is 328. The van der Waals surface area contributed by atoms with Crippen molar-refractivity contribution < 1.29 is 23.9 Å². The topological polar surface area (TPSA) is 81.7 Å². The Morgan fingerprint density at radius 1 is 1.19 bits per heavy atom. The summed E-state index contributed by atoms with van der Waals surface area (Å²) in [5.74, 6) is -1.77. The zero-order valence-electron chi connectivity index (χ0n) is 9.16. The van der Waals surface area contributed by atoms with Crippen LogP contribution in [0.2, 0.25) is 0 Å². The second-order valence-corrected chi connectivity index (χ2v) is 3.02. The Balaban J connectivity index is 2.86. The van der Waals surface area contributed by atoms with Crippen LogP contribution in [0.1, 0.15) is 20.3 Å². The van der Waals surface area contributed by atoms with Gasteiger partial charge in [-0.05, 0) is 13.8 Å². The van der Waals surface area contributed by atoms with Gasteiger partial charge in [-0.1, -0.05) is 0 Å². The van der Waals surface area contributed by atoms with Crippen LogP contribution in [0.5, 0.6) is 0 Å². The van der Waals surface area contributed by atoms with Crippen LogP contribution in [0, 0.1) is 0 Å². The molecule has 1 heterocycles. The lowest BCUT2D eigenvalue weighted by atomic mass is 10.1. The van der Waals surface area contributed by atoms with Gasteiger partial charge in [-0.2, -0.15) is 0 Å². The molecule has 0 aromatic rings. The molecular weight excluding hydrogens is 214 g/mol. The summed E-state index contributed by atoms with van der Waals surface area (Å²) in [5, 5.41) is 2.36. The quantitative estimate of drug-likeness (QED) is 0.238. The van der Waals surface area contributed by atoms with Crippen molar-refractivity contribution in [3.05, 3.63) is 11.3 Å². The smallest absolute Gasteiger partial charge is 0.347 e. The molecule has 1 aliphatic heterocycles. The molecule has 1 aliphatic rings. The lowest BCUT2D eigenvalue weighted by molar-refractivity contribution is -0.146. The zero-order chi connectivity index (χ0) is 12.1. The highest BCUT2D eigenvalue weighted by Gasteiger charge is 2.32. The molecule has 1 saturated heterocycles. The fraction of sp³-hybridized carbons (Fsp3) is 0.500. The van der Waals surface area contributed by atoms with Crippen LogP contribution < -0.4 is 5.32 Å². The Kier molecular flexibility index (Phi) is 4.04. The predicted octanol–water partition coefficient (Wildman–Crippen LogP) is -0.113. The van der Waals surface area contributed by atoms with E-state index < -0.39 is 11.9 Å². The molecule has 0 spiro atoms. The Labute approximate surface area is 92.6 Å². The second kappa shape index (κ2) is 5.29. The van der Waals surface area contributed by atoms with Crippen molar-refractivity contribution in [1.82, 2.24) is 5.32 Å². The molecule has 0 aromatic heterocycles. The first-order valence-corrected chi connectivity index (χ1v) is 4.97. The number of hydrogen-bond acceptors (Lipinski definition) is 5. The first-order chi connectivity index (χ1) is 7.60. The monoisotopic (exact) mass is 227 g/mol. The molecule has 0 saturated carbocycles. The number of carbonyl (C=O) groups is 3. The number of hydrogen-bond donors (Lipinski definition) is 1. The van der Waals surface area contributed by atoms with Gasteiger partial charge >= 0.3 is 11.9 Å². The standard InChI is InChI=1S/C10H13NO5/c1-3-15-9(13)8(10(14)16-4-2)6-5-7(12)11-6/h3-5H2,1-2H3,(H,11,12). The summed E-state index contributed by atoms with van der Waals surface area (Å²) < 4.78 is 9.43. The predicted molar refractivity (Wildman–Crippen MR) is 53.1 cm³/mol. The average molecular weight is 227 g/mol. The van der Waals surface area contributed by atoms with E-state index in [1.807, 2.05) is 0 Å². The molecule has 1 rings (SSSR count). The number of rotatable bonds is 4. The van der Waals surface area contributed by atoms with Crippen LogP contribution in [-0.4, -0.2) is 31.1 Å². The van der Waals surface area contributed by atoms with Gasteiger partial charge in [0, 0.05) is 5.70 Å². The van der Waals surface area contributed by atoms with E-state index in [0.29, 0.717) is 0 Å². The van der Waals surface area contributed by atoms with Gasteiger partial charge in [0.15, 0.2) is 5.57 Å². The molecule has 0 radical (unpaired) electrons. The number of β-lactam (4-membered cyclic amide) rings is 1. The SMILES string of the molecule is CCOC(=O)C(C(=O)OCC)=C1CC(=O)N1. The summed E-state index contributed by atoms with van der Waals surface area (Å²) in [5.41, 5.74) is 0.0465. The number of amides is 1. The summed E-state index contributed by atoms with van der Waals surface area (Å²) in [7, 11) is 0. The third kappa shape index (κ3) is 2.59. The van der Waals surface area contributed by atoms with Gasteiger partial charge < -0.3 is 14.8 Å². The lowest BCUT2D eigenvalue weighted by Crippen LogP contribution is -2.39. The Morgan fingerprint density at radius 2 is 1.62 bits per heavy atom. The van der Waals surface area contributed by atoms with Gasteiger partial charge in [-0.15, -0.1) is 0 Å². The third-order valence-electron chi connectivity index (χ3n) is 1.89. The van der Waals surface area contributed by atoms with Crippen LogP contribution >= 0.6 is 0 Å². The van der Waals surface area contributed by atoms with Crippen molar-refractivity contribution >= 4 is 17.8 Å². The molecule has 6 nitrogen and oxygen atoms in total. The first-order valence-electron chi connectivity index (χ1n) is 4.97. The van der Waals surface area contributed by atoms with Crippen molar-refractivity contribution in [2.75, 3.05) is 13.2 Å². The van der Waals surface area contributed by atoms with Gasteiger partial charge in [-0.3, -0.25) is 4.79 Å². The summed E-state index contributed by atoms with van der Waals surface area (Å²) >= 11 is 0. The summed E-state index contributed by atoms with van der Waals surface area (Å²) in [6.45, 7) is 3.57. The minimum absolute atomic E-state index is 0.0347. The lowest BCUT2D eigenvalue weighted by Gasteiger charge is -2.20. The second-order valence-electron chi connectivity index (χ2n) is 3.02. The van der Waals surface area contributed by atoms with Crippen molar-refractivity contribution in [3.63, 3.8) is 0 Å². The highest BCUT2D eigenvalue weighted by atomic mass is 16.6. The molecule has 6 heteroatoms.